The molecule has 0 bridgehead atoms. The van der Waals surface area contributed by atoms with Gasteiger partial charge < -0.3 is 29.2 Å². The quantitative estimate of drug-likeness (QED) is 0.160. The van der Waals surface area contributed by atoms with Gasteiger partial charge in [-0.1, -0.05) is 62.4 Å². The Labute approximate surface area is 261 Å². The van der Waals surface area contributed by atoms with Gasteiger partial charge in [0.1, 0.15) is 11.5 Å². The van der Waals surface area contributed by atoms with Gasteiger partial charge in [0.25, 0.3) is 0 Å². The number of nitrogens with zero attached hydrogens (tertiary/aromatic N) is 2. The minimum atomic E-state index is -2.66. The minimum Gasteiger partial charge on any atom is -0.507 e. The monoisotopic (exact) mass is 632 g/mol. The van der Waals surface area contributed by atoms with Crippen LogP contribution in [-0.2, 0) is 16.0 Å². The molecule has 0 saturated heterocycles. The van der Waals surface area contributed by atoms with Crippen LogP contribution in [0.3, 0.4) is 0 Å². The molecule has 3 N–H and O–H groups in total. The highest BCUT2D eigenvalue weighted by Gasteiger charge is 2.61. The van der Waals surface area contributed by atoms with Crippen LogP contribution in [0.5, 0.6) is 11.5 Å². The van der Waals surface area contributed by atoms with Crippen LogP contribution in [0.1, 0.15) is 50.2 Å². The van der Waals surface area contributed by atoms with Gasteiger partial charge in [0.2, 0.25) is 11.8 Å². The molecule has 1 saturated carbocycles. The molecule has 2 amide bonds. The fourth-order valence-electron chi connectivity index (χ4n) is 8.11. The molecule has 2 heterocycles. The van der Waals surface area contributed by atoms with Crippen LogP contribution in [-0.4, -0.2) is 45.7 Å². The van der Waals surface area contributed by atoms with Gasteiger partial charge in [0.05, 0.1) is 16.8 Å². The van der Waals surface area contributed by atoms with Gasteiger partial charge >= 0.3 is 8.60 Å². The Morgan fingerprint density at radius 1 is 0.955 bits per heavy atom. The number of hydrogen-bond donors (Lipinski definition) is 3. The zero-order valence-electron chi connectivity index (χ0n) is 24.6. The summed E-state index contributed by atoms with van der Waals surface area (Å²) in [5, 5.41) is 14.1. The molecular formula is C34H34ClN2O6P. The predicted octanol–water partition coefficient (Wildman–Crippen LogP) is 6.74. The van der Waals surface area contributed by atoms with Gasteiger partial charge in [-0.15, -0.1) is 11.6 Å². The summed E-state index contributed by atoms with van der Waals surface area (Å²) < 4.78 is 5.42. The number of phenols is 1. The Bertz CT molecular complexity index is 1840. The zero-order chi connectivity index (χ0) is 31.0. The molecule has 3 aliphatic rings. The van der Waals surface area contributed by atoms with Gasteiger partial charge in [-0.25, -0.2) is 0 Å². The lowest BCUT2D eigenvalue weighted by Crippen LogP contribution is -2.60. The largest absolute Gasteiger partial charge is 0.507 e. The number of phenolic OH excluding ortho intramolecular Hbond substituents is 1. The molecule has 10 heteroatoms. The highest BCUT2D eigenvalue weighted by atomic mass is 35.5. The van der Waals surface area contributed by atoms with Crippen molar-refractivity contribution in [1.82, 2.24) is 0 Å². The molecule has 0 aromatic heterocycles. The molecule has 7 rings (SSSR count). The van der Waals surface area contributed by atoms with Crippen molar-refractivity contribution in [3.63, 3.8) is 0 Å². The van der Waals surface area contributed by atoms with Crippen molar-refractivity contribution in [3.05, 3.63) is 71.8 Å². The van der Waals surface area contributed by atoms with E-state index in [4.69, 9.17) is 16.1 Å². The summed E-state index contributed by atoms with van der Waals surface area (Å²) in [6.07, 6.45) is 2.13. The summed E-state index contributed by atoms with van der Waals surface area (Å²) in [5.41, 5.74) is 1.96. The Balaban J connectivity index is 1.20. The number of alkyl halides is 1. The molecule has 2 aliphatic heterocycles. The van der Waals surface area contributed by atoms with E-state index < -0.39 is 19.4 Å². The van der Waals surface area contributed by atoms with Crippen molar-refractivity contribution < 1.29 is 29.0 Å². The molecule has 1 unspecified atom stereocenters. The number of rotatable bonds is 6. The second-order valence-electron chi connectivity index (χ2n) is 12.7. The third-order valence-corrected chi connectivity index (χ3v) is 10.8. The number of fused-ring (bicyclic) bond motifs is 6. The van der Waals surface area contributed by atoms with Crippen molar-refractivity contribution in [3.8, 4) is 11.5 Å². The van der Waals surface area contributed by atoms with Crippen LogP contribution in [0.2, 0.25) is 0 Å². The lowest BCUT2D eigenvalue weighted by atomic mass is 9.51. The normalized spacial score (nSPS) is 24.1. The highest BCUT2D eigenvalue weighted by Crippen LogP contribution is 2.60. The Morgan fingerprint density at radius 3 is 2.27 bits per heavy atom. The number of benzene rings is 4. The number of halogens is 1. The summed E-state index contributed by atoms with van der Waals surface area (Å²) in [6.45, 7) is 4.87. The van der Waals surface area contributed by atoms with Gasteiger partial charge in [0, 0.05) is 53.2 Å². The predicted molar refractivity (Wildman–Crippen MR) is 173 cm³/mol. The molecule has 44 heavy (non-hydrogen) atoms. The minimum absolute atomic E-state index is 0.0000839. The van der Waals surface area contributed by atoms with Crippen LogP contribution >= 0.6 is 20.2 Å². The van der Waals surface area contributed by atoms with Gasteiger partial charge in [-0.3, -0.25) is 9.59 Å². The number of carbonyl (C=O) groups is 2. The second kappa shape index (κ2) is 10.6. The van der Waals surface area contributed by atoms with E-state index in [2.05, 4.69) is 0 Å². The first-order valence-corrected chi connectivity index (χ1v) is 16.7. The van der Waals surface area contributed by atoms with E-state index in [1.165, 1.54) is 0 Å². The molecule has 8 nitrogen and oxygen atoms in total. The lowest BCUT2D eigenvalue weighted by molar-refractivity contribution is -0.153. The first kappa shape index (κ1) is 29.3. The average molecular weight is 633 g/mol. The first-order valence-electron chi connectivity index (χ1n) is 15.0. The SMILES string of the molecule is CCC1(C(=O)N2CCc3c2cc(O)c2ccccc32)CC(C)(C(=O)N2CC(CCl)c3c2cc(OP(O)O)c2ccccc32)C1. The van der Waals surface area contributed by atoms with Crippen LogP contribution in [0.25, 0.3) is 21.5 Å². The molecular weight excluding hydrogens is 599 g/mol. The van der Waals surface area contributed by atoms with E-state index in [-0.39, 0.29) is 23.5 Å². The smallest absolute Gasteiger partial charge is 0.391 e. The Hall–Kier alpha value is -3.42. The number of aromatic hydroxyl groups is 1. The van der Waals surface area contributed by atoms with Crippen LogP contribution in [0, 0.1) is 10.8 Å². The number of hydrogen-bond acceptors (Lipinski definition) is 6. The molecule has 1 fully saturated rings. The van der Waals surface area contributed by atoms with E-state index in [1.54, 1.807) is 17.0 Å². The average Bonchev–Trinajstić information content (AvgIpc) is 3.60. The summed E-state index contributed by atoms with van der Waals surface area (Å²) in [4.78, 5) is 51.5. The summed E-state index contributed by atoms with van der Waals surface area (Å²) in [5.74, 6) is 0.585. The standard InChI is InChI=1S/C34H34ClN2O6P/c1-3-34(32(40)36-13-12-22-21-8-4-5-9-23(21)28(38)14-26(22)36)18-33(2,19-34)31(39)37-17-20(16-35)30-25-11-7-6-10-24(25)29(15-27(30)37)43-44(41)42/h4-11,14-15,20,38,41-42H,3,12-13,16-19H2,1-2H3. The van der Waals surface area contributed by atoms with Crippen LogP contribution < -0.4 is 14.3 Å². The van der Waals surface area contributed by atoms with E-state index in [0.717, 1.165) is 38.4 Å². The second-order valence-corrected chi connectivity index (χ2v) is 13.7. The van der Waals surface area contributed by atoms with Crippen molar-refractivity contribution in [2.75, 3.05) is 28.8 Å². The van der Waals surface area contributed by atoms with Gasteiger partial charge in [-0.05, 0) is 47.6 Å². The maximum absolute atomic E-state index is 14.4. The topological polar surface area (TPSA) is 111 Å². The summed E-state index contributed by atoms with van der Waals surface area (Å²) >= 11 is 6.45. The van der Waals surface area contributed by atoms with Crippen molar-refractivity contribution in [2.24, 2.45) is 10.8 Å². The van der Waals surface area contributed by atoms with Crippen LogP contribution in [0.15, 0.2) is 60.7 Å². The molecule has 0 radical (unpaired) electrons. The Kier molecular flexibility index (Phi) is 7.05. The number of amides is 2. The molecule has 4 aromatic rings. The summed E-state index contributed by atoms with van der Waals surface area (Å²) in [6, 6.07) is 18.7. The van der Waals surface area contributed by atoms with Crippen molar-refractivity contribution in [1.29, 1.82) is 0 Å². The van der Waals surface area contributed by atoms with E-state index in [1.807, 2.05) is 67.3 Å². The summed E-state index contributed by atoms with van der Waals surface area (Å²) in [7, 11) is -2.66. The zero-order valence-corrected chi connectivity index (χ0v) is 26.2. The molecule has 228 valence electrons. The van der Waals surface area contributed by atoms with Crippen LogP contribution in [0.4, 0.5) is 11.4 Å². The van der Waals surface area contributed by atoms with Crippen molar-refractivity contribution in [2.45, 2.75) is 45.4 Å². The number of anilines is 2. The maximum atomic E-state index is 14.4. The first-order chi connectivity index (χ1) is 21.1. The van der Waals surface area contributed by atoms with Crippen molar-refractivity contribution >= 4 is 64.9 Å². The van der Waals surface area contributed by atoms with Gasteiger partial charge in [-0.2, -0.15) is 0 Å². The highest BCUT2D eigenvalue weighted by molar-refractivity contribution is 7.39. The fraction of sp³-hybridized carbons (Fsp3) is 0.353. The molecule has 1 aliphatic carbocycles. The molecule has 4 aromatic carbocycles. The van der Waals surface area contributed by atoms with Gasteiger partial charge in [0.15, 0.2) is 0 Å². The van der Waals surface area contributed by atoms with E-state index >= 15 is 0 Å². The molecule has 1 atom stereocenters. The lowest BCUT2D eigenvalue weighted by Gasteiger charge is -2.54. The number of carbonyl (C=O) groups excluding carboxylic acids is 2. The van der Waals surface area contributed by atoms with E-state index in [0.29, 0.717) is 56.1 Å². The fourth-order valence-corrected chi connectivity index (χ4v) is 8.69. The van der Waals surface area contributed by atoms with E-state index in [9.17, 15) is 24.5 Å². The maximum Gasteiger partial charge on any atom is 0.391 e. The molecule has 0 spiro atoms. The third kappa shape index (κ3) is 4.30. The third-order valence-electron chi connectivity index (χ3n) is 10.1. The Morgan fingerprint density at radius 2 is 1.61 bits per heavy atom.